The van der Waals surface area contributed by atoms with E-state index in [4.69, 9.17) is 0 Å². The first-order valence-electron chi connectivity index (χ1n) is 9.61. The third kappa shape index (κ3) is 3.21. The molecule has 1 fully saturated rings. The van der Waals surface area contributed by atoms with Crippen LogP contribution in [0.1, 0.15) is 48.2 Å². The van der Waals surface area contributed by atoms with Crippen LogP contribution in [-0.4, -0.2) is 26.3 Å². The average Bonchev–Trinajstić information content (AvgIpc) is 3.04. The number of nitrogens with zero attached hydrogens (tertiary/aromatic N) is 3. The second-order valence-corrected chi connectivity index (χ2v) is 7.46. The van der Waals surface area contributed by atoms with Crippen LogP contribution < -0.4 is 10.7 Å². The van der Waals surface area contributed by atoms with Gasteiger partial charge in [0.1, 0.15) is 17.0 Å². The summed E-state index contributed by atoms with van der Waals surface area (Å²) in [6.45, 7) is 1.74. The zero-order valence-corrected chi connectivity index (χ0v) is 16.0. The van der Waals surface area contributed by atoms with Gasteiger partial charge in [-0.2, -0.15) is 5.10 Å². The third-order valence-corrected chi connectivity index (χ3v) is 5.42. The Morgan fingerprint density at radius 1 is 1.18 bits per heavy atom. The van der Waals surface area contributed by atoms with Crippen LogP contribution in [0.4, 0.5) is 4.39 Å². The number of fused-ring (bicyclic) bond motifs is 1. The Hall–Kier alpha value is -2.96. The molecule has 0 unspecified atom stereocenters. The highest BCUT2D eigenvalue weighted by molar-refractivity contribution is 5.97. The Morgan fingerprint density at radius 2 is 1.86 bits per heavy atom. The number of halogens is 1. The summed E-state index contributed by atoms with van der Waals surface area (Å²) >= 11 is 0. The highest BCUT2D eigenvalue weighted by Gasteiger charge is 2.23. The van der Waals surface area contributed by atoms with E-state index < -0.39 is 0 Å². The van der Waals surface area contributed by atoms with E-state index in [1.165, 1.54) is 18.6 Å². The van der Waals surface area contributed by atoms with Crippen LogP contribution in [0.25, 0.3) is 16.7 Å². The number of hydrogen-bond acceptors (Lipinski definition) is 3. The first kappa shape index (κ1) is 18.4. The normalized spacial score (nSPS) is 15.1. The van der Waals surface area contributed by atoms with Gasteiger partial charge in [0.25, 0.3) is 5.91 Å². The summed E-state index contributed by atoms with van der Waals surface area (Å²) < 4.78 is 16.6. The summed E-state index contributed by atoms with van der Waals surface area (Å²) in [5, 5.41) is 7.89. The lowest BCUT2D eigenvalue weighted by Crippen LogP contribution is -2.38. The SMILES string of the molecule is Cc1nn(-c2ccc(F)cc2)c2c1c(=O)c(C(=O)NC1CCCCC1)cn2C. The van der Waals surface area contributed by atoms with Crippen molar-refractivity contribution >= 4 is 16.9 Å². The Morgan fingerprint density at radius 3 is 2.54 bits per heavy atom. The maximum Gasteiger partial charge on any atom is 0.256 e. The van der Waals surface area contributed by atoms with E-state index in [1.54, 1.807) is 41.5 Å². The predicted octanol–water partition coefficient (Wildman–Crippen LogP) is 3.23. The smallest absolute Gasteiger partial charge is 0.256 e. The van der Waals surface area contributed by atoms with Gasteiger partial charge in [0.15, 0.2) is 0 Å². The summed E-state index contributed by atoms with van der Waals surface area (Å²) in [5.74, 6) is -0.671. The molecule has 3 aromatic rings. The van der Waals surface area contributed by atoms with Crippen molar-refractivity contribution < 1.29 is 9.18 Å². The number of hydrogen-bond donors (Lipinski definition) is 1. The minimum Gasteiger partial charge on any atom is -0.349 e. The second-order valence-electron chi connectivity index (χ2n) is 7.46. The quantitative estimate of drug-likeness (QED) is 0.756. The van der Waals surface area contributed by atoms with Crippen LogP contribution in [0.3, 0.4) is 0 Å². The van der Waals surface area contributed by atoms with Crippen molar-refractivity contribution in [3.05, 3.63) is 57.8 Å². The van der Waals surface area contributed by atoms with Crippen molar-refractivity contribution in [3.8, 4) is 5.69 Å². The van der Waals surface area contributed by atoms with Gasteiger partial charge < -0.3 is 9.88 Å². The van der Waals surface area contributed by atoms with Crippen LogP contribution in [0, 0.1) is 12.7 Å². The lowest BCUT2D eigenvalue weighted by atomic mass is 9.95. The first-order chi connectivity index (χ1) is 13.5. The van der Waals surface area contributed by atoms with E-state index in [0.29, 0.717) is 22.4 Å². The first-order valence-corrected chi connectivity index (χ1v) is 9.61. The van der Waals surface area contributed by atoms with E-state index >= 15 is 0 Å². The fraction of sp³-hybridized carbons (Fsp3) is 0.381. The Bertz CT molecular complexity index is 1090. The molecule has 2 aromatic heterocycles. The molecule has 1 aliphatic carbocycles. The van der Waals surface area contributed by atoms with Gasteiger partial charge in [-0.25, -0.2) is 9.07 Å². The van der Waals surface area contributed by atoms with Gasteiger partial charge in [0.2, 0.25) is 5.43 Å². The van der Waals surface area contributed by atoms with Crippen molar-refractivity contribution in [3.63, 3.8) is 0 Å². The minimum atomic E-state index is -0.340. The highest BCUT2D eigenvalue weighted by Crippen LogP contribution is 2.21. The molecule has 0 spiro atoms. The van der Waals surface area contributed by atoms with Gasteiger partial charge in [0.05, 0.1) is 16.8 Å². The molecule has 1 saturated carbocycles. The Balaban J connectivity index is 1.78. The molecule has 1 N–H and O–H groups in total. The molecule has 1 aromatic carbocycles. The van der Waals surface area contributed by atoms with Crippen LogP contribution in [0.2, 0.25) is 0 Å². The number of amides is 1. The van der Waals surface area contributed by atoms with Crippen molar-refractivity contribution in [1.82, 2.24) is 19.7 Å². The number of aryl methyl sites for hydroxylation is 2. The number of rotatable bonds is 3. The van der Waals surface area contributed by atoms with Crippen molar-refractivity contribution in [1.29, 1.82) is 0 Å². The van der Waals surface area contributed by atoms with Gasteiger partial charge in [-0.1, -0.05) is 19.3 Å². The molecule has 0 radical (unpaired) electrons. The second kappa shape index (κ2) is 7.22. The zero-order chi connectivity index (χ0) is 19.8. The molecule has 2 heterocycles. The summed E-state index contributed by atoms with van der Waals surface area (Å²) in [6.07, 6.45) is 6.87. The lowest BCUT2D eigenvalue weighted by Gasteiger charge is -2.22. The number of aromatic nitrogens is 3. The number of benzene rings is 1. The topological polar surface area (TPSA) is 68.9 Å². The molecular weight excluding hydrogens is 359 g/mol. The number of pyridine rings is 1. The Kier molecular flexibility index (Phi) is 4.75. The minimum absolute atomic E-state index is 0.127. The molecule has 7 heteroatoms. The lowest BCUT2D eigenvalue weighted by molar-refractivity contribution is 0.0926. The fourth-order valence-corrected chi connectivity index (χ4v) is 3.99. The van der Waals surface area contributed by atoms with E-state index in [0.717, 1.165) is 25.7 Å². The standard InChI is InChI=1S/C21H23FN4O2/c1-13-18-19(27)17(20(28)23-15-6-4-3-5-7-15)12-25(2)21(18)26(24-13)16-10-8-14(22)9-11-16/h8-12,15H,3-7H2,1-2H3,(H,23,28). The molecule has 28 heavy (non-hydrogen) atoms. The maximum absolute atomic E-state index is 13.3. The third-order valence-electron chi connectivity index (χ3n) is 5.42. The van der Waals surface area contributed by atoms with E-state index in [9.17, 15) is 14.0 Å². The molecule has 4 rings (SSSR count). The molecule has 6 nitrogen and oxygen atoms in total. The van der Waals surface area contributed by atoms with Gasteiger partial charge in [-0.05, 0) is 44.0 Å². The monoisotopic (exact) mass is 382 g/mol. The van der Waals surface area contributed by atoms with Gasteiger partial charge in [-0.15, -0.1) is 0 Å². The fourth-order valence-electron chi connectivity index (χ4n) is 3.99. The number of carbonyl (C=O) groups excluding carboxylic acids is 1. The molecule has 1 aliphatic rings. The summed E-state index contributed by atoms with van der Waals surface area (Å²) in [6, 6.07) is 6.04. The summed E-state index contributed by atoms with van der Waals surface area (Å²) in [5.41, 5.74) is 1.55. The van der Waals surface area contributed by atoms with Gasteiger partial charge in [0, 0.05) is 19.3 Å². The zero-order valence-electron chi connectivity index (χ0n) is 16.0. The van der Waals surface area contributed by atoms with Crippen molar-refractivity contribution in [2.45, 2.75) is 45.1 Å². The molecule has 146 valence electrons. The summed E-state index contributed by atoms with van der Waals surface area (Å²) in [7, 11) is 1.78. The molecule has 0 aliphatic heterocycles. The van der Waals surface area contributed by atoms with E-state index in [-0.39, 0.29) is 28.8 Å². The van der Waals surface area contributed by atoms with E-state index in [1.807, 2.05) is 0 Å². The predicted molar refractivity (Wildman–Crippen MR) is 105 cm³/mol. The van der Waals surface area contributed by atoms with Crippen LogP contribution >= 0.6 is 0 Å². The molecule has 1 amide bonds. The van der Waals surface area contributed by atoms with Crippen LogP contribution in [0.15, 0.2) is 35.3 Å². The maximum atomic E-state index is 13.3. The van der Waals surface area contributed by atoms with Crippen molar-refractivity contribution in [2.75, 3.05) is 0 Å². The molecule has 0 atom stereocenters. The molecule has 0 saturated heterocycles. The Labute approximate surface area is 162 Å². The van der Waals surface area contributed by atoms with Crippen LogP contribution in [-0.2, 0) is 7.05 Å². The number of carbonyl (C=O) groups is 1. The van der Waals surface area contributed by atoms with Gasteiger partial charge in [-0.3, -0.25) is 9.59 Å². The largest absolute Gasteiger partial charge is 0.349 e. The van der Waals surface area contributed by atoms with Crippen LogP contribution in [0.5, 0.6) is 0 Å². The number of nitrogens with one attached hydrogen (secondary N) is 1. The molecule has 0 bridgehead atoms. The van der Waals surface area contributed by atoms with E-state index in [2.05, 4.69) is 10.4 Å². The highest BCUT2D eigenvalue weighted by atomic mass is 19.1. The average molecular weight is 382 g/mol. The van der Waals surface area contributed by atoms with Gasteiger partial charge >= 0.3 is 0 Å². The molecular formula is C21H23FN4O2. The van der Waals surface area contributed by atoms with Crippen molar-refractivity contribution in [2.24, 2.45) is 7.05 Å². The summed E-state index contributed by atoms with van der Waals surface area (Å²) in [4.78, 5) is 25.9.